The van der Waals surface area contributed by atoms with Gasteiger partial charge in [-0.3, -0.25) is 9.69 Å². The zero-order valence-corrected chi connectivity index (χ0v) is 15.0. The molecule has 2 amide bonds. The number of hydrogen-bond donors (Lipinski definition) is 2. The van der Waals surface area contributed by atoms with Crippen molar-refractivity contribution in [3.63, 3.8) is 0 Å². The Morgan fingerprint density at radius 3 is 2.80 bits per heavy atom. The molecular formula is C17H24ClN3O4. The molecule has 138 valence electrons. The van der Waals surface area contributed by atoms with Gasteiger partial charge < -0.3 is 20.1 Å². The molecule has 1 aliphatic rings. The normalized spacial score (nSPS) is 17.6. The molecule has 0 aliphatic carbocycles. The number of hydrogen-bond acceptors (Lipinski definition) is 4. The summed E-state index contributed by atoms with van der Waals surface area (Å²) >= 11 is 5.85. The molecule has 1 fully saturated rings. The minimum atomic E-state index is -0.880. The lowest BCUT2D eigenvalue weighted by molar-refractivity contribution is -0.138. The number of carboxylic acids is 1. The number of carboxylic acid groups (broad SMARTS) is 1. The van der Waals surface area contributed by atoms with Crippen LogP contribution >= 0.6 is 11.6 Å². The number of carbonyl (C=O) groups is 2. The quantitative estimate of drug-likeness (QED) is 0.757. The van der Waals surface area contributed by atoms with Gasteiger partial charge in [-0.2, -0.15) is 0 Å². The van der Waals surface area contributed by atoms with Gasteiger partial charge in [-0.1, -0.05) is 23.7 Å². The van der Waals surface area contributed by atoms with E-state index in [0.717, 1.165) is 12.0 Å². The van der Waals surface area contributed by atoms with Gasteiger partial charge in [0.2, 0.25) is 0 Å². The molecule has 1 atom stereocenters. The standard InChI is InChI=1S/C17H24ClN3O4/c1-20(12-16(22)23)10-15-11-21(8-9-25-15)17(24)19-7-6-13-2-4-14(18)5-3-13/h2-5,15H,6-12H2,1H3,(H,19,24)(H,22,23). The van der Waals surface area contributed by atoms with E-state index in [9.17, 15) is 9.59 Å². The average Bonchev–Trinajstić information content (AvgIpc) is 2.56. The number of carbonyl (C=O) groups excluding carboxylic acids is 1. The van der Waals surface area contributed by atoms with Crippen LogP contribution in [0.15, 0.2) is 24.3 Å². The number of benzene rings is 1. The van der Waals surface area contributed by atoms with Crippen LogP contribution in [-0.2, 0) is 16.0 Å². The first kappa shape index (κ1) is 19.5. The van der Waals surface area contributed by atoms with E-state index in [0.29, 0.717) is 37.8 Å². The third kappa shape index (κ3) is 6.89. The molecule has 2 rings (SSSR count). The van der Waals surface area contributed by atoms with E-state index in [2.05, 4.69) is 5.32 Å². The van der Waals surface area contributed by atoms with Crippen LogP contribution in [0.4, 0.5) is 4.79 Å². The molecule has 1 heterocycles. The number of likely N-dealkylation sites (N-methyl/N-ethyl adjacent to an activating group) is 1. The molecule has 8 heteroatoms. The summed E-state index contributed by atoms with van der Waals surface area (Å²) in [6, 6.07) is 7.43. The summed E-state index contributed by atoms with van der Waals surface area (Å²) < 4.78 is 5.63. The number of ether oxygens (including phenoxy) is 1. The highest BCUT2D eigenvalue weighted by Gasteiger charge is 2.25. The van der Waals surface area contributed by atoms with Crippen molar-refractivity contribution in [2.24, 2.45) is 0 Å². The van der Waals surface area contributed by atoms with Crippen LogP contribution in [0.2, 0.25) is 5.02 Å². The Hall–Kier alpha value is -1.83. The van der Waals surface area contributed by atoms with Crippen molar-refractivity contribution in [2.45, 2.75) is 12.5 Å². The summed E-state index contributed by atoms with van der Waals surface area (Å²) in [6.07, 6.45) is 0.554. The molecule has 0 spiro atoms. The van der Waals surface area contributed by atoms with E-state index in [1.54, 1.807) is 16.8 Å². The Morgan fingerprint density at radius 1 is 1.40 bits per heavy atom. The van der Waals surface area contributed by atoms with Crippen LogP contribution in [0.25, 0.3) is 0 Å². The molecule has 2 N–H and O–H groups in total. The van der Waals surface area contributed by atoms with Gasteiger partial charge in [0, 0.05) is 31.2 Å². The number of morpholine rings is 1. The third-order valence-electron chi connectivity index (χ3n) is 3.95. The van der Waals surface area contributed by atoms with Gasteiger partial charge in [-0.15, -0.1) is 0 Å². The summed E-state index contributed by atoms with van der Waals surface area (Å²) in [4.78, 5) is 26.4. The largest absolute Gasteiger partial charge is 0.480 e. The molecule has 1 aromatic rings. The van der Waals surface area contributed by atoms with Crippen molar-refractivity contribution in [1.82, 2.24) is 15.1 Å². The molecule has 1 aliphatic heterocycles. The highest BCUT2D eigenvalue weighted by atomic mass is 35.5. The molecule has 7 nitrogen and oxygen atoms in total. The first-order chi connectivity index (χ1) is 11.9. The molecule has 1 saturated heterocycles. The van der Waals surface area contributed by atoms with E-state index < -0.39 is 5.97 Å². The predicted molar refractivity (Wildman–Crippen MR) is 95.0 cm³/mol. The Morgan fingerprint density at radius 2 is 2.12 bits per heavy atom. The lowest BCUT2D eigenvalue weighted by Gasteiger charge is -2.34. The lowest BCUT2D eigenvalue weighted by atomic mass is 10.1. The summed E-state index contributed by atoms with van der Waals surface area (Å²) in [5, 5.41) is 12.4. The van der Waals surface area contributed by atoms with Gasteiger partial charge >= 0.3 is 12.0 Å². The molecule has 25 heavy (non-hydrogen) atoms. The number of urea groups is 1. The van der Waals surface area contributed by atoms with Crippen molar-refractivity contribution >= 4 is 23.6 Å². The highest BCUT2D eigenvalue weighted by molar-refractivity contribution is 6.30. The smallest absolute Gasteiger partial charge is 0.317 e. The fourth-order valence-electron chi connectivity index (χ4n) is 2.73. The maximum absolute atomic E-state index is 12.3. The van der Waals surface area contributed by atoms with Gasteiger partial charge in [0.25, 0.3) is 0 Å². The van der Waals surface area contributed by atoms with Crippen LogP contribution in [0.1, 0.15) is 5.56 Å². The summed E-state index contributed by atoms with van der Waals surface area (Å²) in [5.41, 5.74) is 1.11. The second-order valence-corrected chi connectivity index (χ2v) is 6.57. The molecule has 1 aromatic carbocycles. The fourth-order valence-corrected chi connectivity index (χ4v) is 2.86. The van der Waals surface area contributed by atoms with E-state index in [4.69, 9.17) is 21.4 Å². The SMILES string of the molecule is CN(CC(=O)O)CC1CN(C(=O)NCCc2ccc(Cl)cc2)CCO1. The molecule has 0 radical (unpaired) electrons. The van der Waals surface area contributed by atoms with Crippen LogP contribution in [0, 0.1) is 0 Å². The fraction of sp³-hybridized carbons (Fsp3) is 0.529. The summed E-state index contributed by atoms with van der Waals surface area (Å²) in [6.45, 7) is 2.41. The Labute approximate surface area is 152 Å². The van der Waals surface area contributed by atoms with Gasteiger partial charge in [-0.05, 0) is 31.2 Å². The molecular weight excluding hydrogens is 346 g/mol. The van der Waals surface area contributed by atoms with Gasteiger partial charge in [-0.25, -0.2) is 4.79 Å². The Kier molecular flexibility index (Phi) is 7.49. The molecule has 0 saturated carbocycles. The number of halogens is 1. The summed E-state index contributed by atoms with van der Waals surface area (Å²) in [7, 11) is 1.72. The Bertz CT molecular complexity index is 582. The monoisotopic (exact) mass is 369 g/mol. The number of rotatable bonds is 7. The number of nitrogens with zero attached hydrogens (tertiary/aromatic N) is 2. The summed E-state index contributed by atoms with van der Waals surface area (Å²) in [5.74, 6) is -0.880. The maximum atomic E-state index is 12.3. The topological polar surface area (TPSA) is 82.1 Å². The van der Waals surface area contributed by atoms with E-state index in [1.165, 1.54) is 0 Å². The zero-order chi connectivity index (χ0) is 18.2. The Balaban J connectivity index is 1.73. The predicted octanol–water partition coefficient (Wildman–Crippen LogP) is 1.31. The minimum absolute atomic E-state index is 0.0485. The second-order valence-electron chi connectivity index (χ2n) is 6.14. The van der Waals surface area contributed by atoms with Crippen LogP contribution < -0.4 is 5.32 Å². The second kappa shape index (κ2) is 9.60. The molecule has 0 aromatic heterocycles. The van der Waals surface area contributed by atoms with Crippen molar-refractivity contribution in [1.29, 1.82) is 0 Å². The van der Waals surface area contributed by atoms with Crippen LogP contribution in [0.5, 0.6) is 0 Å². The third-order valence-corrected chi connectivity index (χ3v) is 4.20. The van der Waals surface area contributed by atoms with Gasteiger partial charge in [0.1, 0.15) is 0 Å². The van der Waals surface area contributed by atoms with E-state index in [1.807, 2.05) is 24.3 Å². The van der Waals surface area contributed by atoms with Crippen LogP contribution in [-0.4, -0.2) is 79.4 Å². The molecule has 1 unspecified atom stereocenters. The van der Waals surface area contributed by atoms with Crippen molar-refractivity contribution in [3.05, 3.63) is 34.9 Å². The maximum Gasteiger partial charge on any atom is 0.317 e. The highest BCUT2D eigenvalue weighted by Crippen LogP contribution is 2.10. The van der Waals surface area contributed by atoms with Crippen LogP contribution in [0.3, 0.4) is 0 Å². The number of aliphatic carboxylic acids is 1. The van der Waals surface area contributed by atoms with Gasteiger partial charge in [0.15, 0.2) is 0 Å². The zero-order valence-electron chi connectivity index (χ0n) is 14.3. The van der Waals surface area contributed by atoms with E-state index >= 15 is 0 Å². The number of nitrogens with one attached hydrogen (secondary N) is 1. The first-order valence-corrected chi connectivity index (χ1v) is 8.61. The minimum Gasteiger partial charge on any atom is -0.480 e. The van der Waals surface area contributed by atoms with E-state index in [-0.39, 0.29) is 18.7 Å². The van der Waals surface area contributed by atoms with Crippen molar-refractivity contribution in [3.8, 4) is 0 Å². The number of amides is 2. The lowest BCUT2D eigenvalue weighted by Crippen LogP contribution is -2.52. The first-order valence-electron chi connectivity index (χ1n) is 8.23. The average molecular weight is 370 g/mol. The molecule has 0 bridgehead atoms. The van der Waals surface area contributed by atoms with Gasteiger partial charge in [0.05, 0.1) is 19.3 Å². The van der Waals surface area contributed by atoms with Crippen molar-refractivity contribution in [2.75, 3.05) is 46.4 Å². The van der Waals surface area contributed by atoms with Crippen molar-refractivity contribution < 1.29 is 19.4 Å².